The van der Waals surface area contributed by atoms with Gasteiger partial charge < -0.3 is 14.6 Å². The second-order valence-electron chi connectivity index (χ2n) is 4.81. The number of nitrogens with one attached hydrogen (secondary N) is 1. The van der Waals surface area contributed by atoms with Crippen LogP contribution in [0.1, 0.15) is 19.3 Å². The number of hydrogen-bond donors (Lipinski definition) is 2. The third-order valence-electron chi connectivity index (χ3n) is 3.75. The molecule has 2 aliphatic rings. The Morgan fingerprint density at radius 1 is 1.62 bits per heavy atom. The van der Waals surface area contributed by atoms with Crippen LogP contribution in [-0.2, 0) is 9.47 Å². The number of fused-ring (bicyclic) bond motifs is 1. The first-order chi connectivity index (χ1) is 7.70. The molecule has 0 aromatic heterocycles. The van der Waals surface area contributed by atoms with Gasteiger partial charge in [-0.05, 0) is 32.9 Å². The largest absolute Gasteiger partial charge is 0.383 e. The van der Waals surface area contributed by atoms with Crippen molar-refractivity contribution in [3.8, 4) is 0 Å². The Kier molecular flexibility index (Phi) is 3.81. The van der Waals surface area contributed by atoms with Gasteiger partial charge in [0.15, 0.2) is 0 Å². The Morgan fingerprint density at radius 2 is 2.44 bits per heavy atom. The Morgan fingerprint density at radius 3 is 3.12 bits per heavy atom. The summed E-state index contributed by atoms with van der Waals surface area (Å²) >= 11 is 0. The van der Waals surface area contributed by atoms with E-state index in [-0.39, 0.29) is 11.6 Å². The third-order valence-corrected chi connectivity index (χ3v) is 3.75. The van der Waals surface area contributed by atoms with Gasteiger partial charge in [0.2, 0.25) is 6.41 Å². The Bertz CT molecular complexity index is 239. The number of hydrogen-bond acceptors (Lipinski definition) is 5. The van der Waals surface area contributed by atoms with E-state index in [1.54, 1.807) is 14.2 Å². The van der Waals surface area contributed by atoms with Crippen molar-refractivity contribution in [2.45, 2.75) is 37.3 Å². The molecule has 1 unspecified atom stereocenters. The molecule has 0 aromatic rings. The van der Waals surface area contributed by atoms with E-state index in [2.05, 4.69) is 10.2 Å². The average Bonchev–Trinajstić information content (AvgIpc) is 2.74. The molecule has 2 N–H and O–H groups in total. The minimum Gasteiger partial charge on any atom is -0.383 e. The Hall–Kier alpha value is -0.200. The van der Waals surface area contributed by atoms with Crippen molar-refractivity contribution in [2.75, 3.05) is 33.9 Å². The smallest absolute Gasteiger partial charge is 0.213 e. The van der Waals surface area contributed by atoms with Crippen molar-refractivity contribution in [1.82, 2.24) is 10.2 Å². The van der Waals surface area contributed by atoms with Crippen LogP contribution in [-0.4, -0.2) is 61.9 Å². The summed E-state index contributed by atoms with van der Waals surface area (Å²) in [7, 11) is 3.44. The molecule has 16 heavy (non-hydrogen) atoms. The van der Waals surface area contributed by atoms with Gasteiger partial charge >= 0.3 is 0 Å². The molecule has 2 heterocycles. The van der Waals surface area contributed by atoms with Gasteiger partial charge in [-0.15, -0.1) is 0 Å². The van der Waals surface area contributed by atoms with Gasteiger partial charge in [-0.3, -0.25) is 10.2 Å². The first kappa shape index (κ1) is 12.3. The summed E-state index contributed by atoms with van der Waals surface area (Å²) in [5.74, 6) is 0. The minimum atomic E-state index is -0.857. The molecule has 0 radical (unpaired) electrons. The molecule has 2 aliphatic heterocycles. The molecule has 2 fully saturated rings. The van der Waals surface area contributed by atoms with Gasteiger partial charge in [-0.25, -0.2) is 0 Å². The maximum absolute atomic E-state index is 9.41. The van der Waals surface area contributed by atoms with E-state index in [4.69, 9.17) is 9.47 Å². The number of rotatable bonds is 5. The van der Waals surface area contributed by atoms with Crippen LogP contribution in [0.4, 0.5) is 0 Å². The number of ether oxygens (including phenoxy) is 2. The first-order valence-corrected chi connectivity index (χ1v) is 5.95. The monoisotopic (exact) mass is 230 g/mol. The van der Waals surface area contributed by atoms with E-state index in [0.717, 1.165) is 26.1 Å². The lowest BCUT2D eigenvalue weighted by atomic mass is 9.94. The lowest BCUT2D eigenvalue weighted by Gasteiger charge is -2.30. The zero-order valence-corrected chi connectivity index (χ0v) is 10.1. The van der Waals surface area contributed by atoms with Gasteiger partial charge in [0, 0.05) is 19.2 Å². The molecule has 5 heteroatoms. The summed E-state index contributed by atoms with van der Waals surface area (Å²) < 4.78 is 10.9. The van der Waals surface area contributed by atoms with Crippen LogP contribution in [0.5, 0.6) is 0 Å². The summed E-state index contributed by atoms with van der Waals surface area (Å²) in [5, 5.41) is 12.1. The van der Waals surface area contributed by atoms with Gasteiger partial charge in [0.25, 0.3) is 0 Å². The fourth-order valence-electron chi connectivity index (χ4n) is 3.08. The SMILES string of the molecule is CNC(O)O[C@H]1CN2CCC[C@@]2(COC)C1. The van der Waals surface area contributed by atoms with Gasteiger partial charge in [0.1, 0.15) is 0 Å². The lowest BCUT2D eigenvalue weighted by molar-refractivity contribution is -0.147. The minimum absolute atomic E-state index is 0.109. The van der Waals surface area contributed by atoms with E-state index in [1.165, 1.54) is 12.8 Å². The molecule has 2 saturated heterocycles. The van der Waals surface area contributed by atoms with Gasteiger partial charge in [-0.2, -0.15) is 0 Å². The zero-order chi connectivity index (χ0) is 11.6. The number of aliphatic hydroxyl groups is 1. The van der Waals surface area contributed by atoms with E-state index in [9.17, 15) is 5.11 Å². The van der Waals surface area contributed by atoms with Gasteiger partial charge in [0.05, 0.1) is 12.7 Å². The summed E-state index contributed by atoms with van der Waals surface area (Å²) in [6.45, 7) is 2.80. The second kappa shape index (κ2) is 4.98. The molecule has 0 amide bonds. The number of methoxy groups -OCH3 is 1. The van der Waals surface area contributed by atoms with Crippen LogP contribution < -0.4 is 5.32 Å². The lowest BCUT2D eigenvalue weighted by Crippen LogP contribution is -2.42. The molecule has 94 valence electrons. The predicted octanol–water partition coefficient (Wildman–Crippen LogP) is -0.248. The van der Waals surface area contributed by atoms with Crippen molar-refractivity contribution in [2.24, 2.45) is 0 Å². The zero-order valence-electron chi connectivity index (χ0n) is 10.1. The summed E-state index contributed by atoms with van der Waals surface area (Å²) in [4.78, 5) is 2.45. The quantitative estimate of drug-likeness (QED) is 0.638. The van der Waals surface area contributed by atoms with E-state index in [1.807, 2.05) is 0 Å². The summed E-state index contributed by atoms with van der Waals surface area (Å²) in [5.41, 5.74) is 0.160. The fraction of sp³-hybridized carbons (Fsp3) is 1.00. The van der Waals surface area contributed by atoms with Crippen molar-refractivity contribution in [3.63, 3.8) is 0 Å². The van der Waals surface area contributed by atoms with E-state index < -0.39 is 6.41 Å². The summed E-state index contributed by atoms with van der Waals surface area (Å²) in [6, 6.07) is 0. The molecule has 0 spiro atoms. The van der Waals surface area contributed by atoms with Crippen LogP contribution in [0.3, 0.4) is 0 Å². The normalized spacial score (nSPS) is 36.6. The molecule has 0 aromatic carbocycles. The highest BCUT2D eigenvalue weighted by Crippen LogP contribution is 2.40. The highest BCUT2D eigenvalue weighted by atomic mass is 16.6. The van der Waals surface area contributed by atoms with Crippen LogP contribution in [0.15, 0.2) is 0 Å². The van der Waals surface area contributed by atoms with Crippen LogP contribution in [0.25, 0.3) is 0 Å². The van der Waals surface area contributed by atoms with Crippen molar-refractivity contribution >= 4 is 0 Å². The predicted molar refractivity (Wildman–Crippen MR) is 60.0 cm³/mol. The maximum Gasteiger partial charge on any atom is 0.213 e. The van der Waals surface area contributed by atoms with Crippen LogP contribution in [0, 0.1) is 0 Å². The highest BCUT2D eigenvalue weighted by molar-refractivity contribution is 5.03. The van der Waals surface area contributed by atoms with Crippen LogP contribution >= 0.6 is 0 Å². The van der Waals surface area contributed by atoms with E-state index >= 15 is 0 Å². The Balaban J connectivity index is 1.94. The van der Waals surface area contributed by atoms with E-state index in [0.29, 0.717) is 0 Å². The molecule has 0 saturated carbocycles. The van der Waals surface area contributed by atoms with Crippen molar-refractivity contribution in [3.05, 3.63) is 0 Å². The second-order valence-corrected chi connectivity index (χ2v) is 4.81. The molecule has 0 bridgehead atoms. The molecule has 2 rings (SSSR count). The molecular formula is C11H22N2O3. The van der Waals surface area contributed by atoms with Gasteiger partial charge in [-0.1, -0.05) is 0 Å². The maximum atomic E-state index is 9.41. The summed E-state index contributed by atoms with van der Waals surface area (Å²) in [6.07, 6.45) is 2.63. The fourth-order valence-corrected chi connectivity index (χ4v) is 3.08. The number of nitrogens with zero attached hydrogens (tertiary/aromatic N) is 1. The standard InChI is InChI=1S/C11H22N2O3/c1-12-10(14)16-9-6-11(8-15-2)4-3-5-13(11)7-9/h9-10,12,14H,3-8H2,1-2H3/t9-,10?,11+/m1/s1. The highest BCUT2D eigenvalue weighted by Gasteiger charge is 2.49. The number of aliphatic hydroxyl groups excluding tert-OH is 1. The van der Waals surface area contributed by atoms with Crippen molar-refractivity contribution in [1.29, 1.82) is 0 Å². The molecule has 0 aliphatic carbocycles. The topological polar surface area (TPSA) is 54.0 Å². The average molecular weight is 230 g/mol. The Labute approximate surface area is 96.7 Å². The molecule has 5 nitrogen and oxygen atoms in total. The van der Waals surface area contributed by atoms with Crippen LogP contribution in [0.2, 0.25) is 0 Å². The molecule has 3 atom stereocenters. The first-order valence-electron chi connectivity index (χ1n) is 5.95. The van der Waals surface area contributed by atoms with Crippen molar-refractivity contribution < 1.29 is 14.6 Å². The third kappa shape index (κ3) is 2.24. The molecular weight excluding hydrogens is 208 g/mol.